The van der Waals surface area contributed by atoms with Crippen LogP contribution in [0.15, 0.2) is 6.07 Å². The third-order valence-corrected chi connectivity index (χ3v) is 1.98. The summed E-state index contributed by atoms with van der Waals surface area (Å²) in [5, 5.41) is 0. The molecule has 1 aromatic heterocycles. The SMILES string of the molecule is COCC(C)Oc1cc(N)nc(C(C)C)n1. The molecule has 0 aliphatic carbocycles. The highest BCUT2D eigenvalue weighted by atomic mass is 16.5. The number of hydrogen-bond donors (Lipinski definition) is 1. The fourth-order valence-electron chi connectivity index (χ4n) is 1.25. The van der Waals surface area contributed by atoms with Gasteiger partial charge in [0.05, 0.1) is 6.61 Å². The summed E-state index contributed by atoms with van der Waals surface area (Å²) < 4.78 is 10.6. The molecule has 1 rings (SSSR count). The summed E-state index contributed by atoms with van der Waals surface area (Å²) in [6.45, 7) is 6.45. The van der Waals surface area contributed by atoms with Crippen LogP contribution in [0.4, 0.5) is 5.82 Å². The van der Waals surface area contributed by atoms with Crippen molar-refractivity contribution in [1.82, 2.24) is 9.97 Å². The number of nitrogen functional groups attached to an aromatic ring is 1. The first-order chi connectivity index (χ1) is 7.52. The lowest BCUT2D eigenvalue weighted by molar-refractivity contribution is 0.0887. The number of aromatic nitrogens is 2. The number of anilines is 1. The first-order valence-corrected chi connectivity index (χ1v) is 5.33. The minimum absolute atomic E-state index is 0.0562. The Labute approximate surface area is 96.0 Å². The Morgan fingerprint density at radius 2 is 2.00 bits per heavy atom. The number of nitrogens with two attached hydrogens (primary N) is 1. The molecular formula is C11H19N3O2. The van der Waals surface area contributed by atoms with E-state index in [0.29, 0.717) is 24.1 Å². The molecule has 0 fully saturated rings. The second-order valence-corrected chi connectivity index (χ2v) is 4.03. The molecule has 0 saturated carbocycles. The van der Waals surface area contributed by atoms with Crippen molar-refractivity contribution in [2.45, 2.75) is 32.8 Å². The highest BCUT2D eigenvalue weighted by Crippen LogP contribution is 2.17. The van der Waals surface area contributed by atoms with Crippen LogP contribution < -0.4 is 10.5 Å². The van der Waals surface area contributed by atoms with Gasteiger partial charge in [-0.3, -0.25) is 0 Å². The fraction of sp³-hybridized carbons (Fsp3) is 0.636. The van der Waals surface area contributed by atoms with Gasteiger partial charge in [-0.2, -0.15) is 4.98 Å². The van der Waals surface area contributed by atoms with Crippen molar-refractivity contribution in [1.29, 1.82) is 0 Å². The summed E-state index contributed by atoms with van der Waals surface area (Å²) >= 11 is 0. The number of hydrogen-bond acceptors (Lipinski definition) is 5. The summed E-state index contributed by atoms with van der Waals surface area (Å²) in [7, 11) is 1.63. The Hall–Kier alpha value is -1.36. The van der Waals surface area contributed by atoms with E-state index in [1.165, 1.54) is 0 Å². The predicted octanol–water partition coefficient (Wildman–Crippen LogP) is 1.60. The van der Waals surface area contributed by atoms with Gasteiger partial charge in [-0.25, -0.2) is 4.98 Å². The van der Waals surface area contributed by atoms with Gasteiger partial charge >= 0.3 is 0 Å². The lowest BCUT2D eigenvalue weighted by atomic mass is 10.2. The van der Waals surface area contributed by atoms with E-state index in [2.05, 4.69) is 9.97 Å². The lowest BCUT2D eigenvalue weighted by Gasteiger charge is -2.14. The van der Waals surface area contributed by atoms with Gasteiger partial charge in [0, 0.05) is 19.1 Å². The van der Waals surface area contributed by atoms with Gasteiger partial charge in [0.25, 0.3) is 0 Å². The van der Waals surface area contributed by atoms with Gasteiger partial charge in [-0.1, -0.05) is 13.8 Å². The van der Waals surface area contributed by atoms with Crippen LogP contribution in [0.25, 0.3) is 0 Å². The van der Waals surface area contributed by atoms with E-state index in [-0.39, 0.29) is 12.0 Å². The van der Waals surface area contributed by atoms with Gasteiger partial charge < -0.3 is 15.2 Å². The topological polar surface area (TPSA) is 70.3 Å². The molecule has 0 aromatic carbocycles. The Morgan fingerprint density at radius 1 is 1.31 bits per heavy atom. The molecule has 1 heterocycles. The van der Waals surface area contributed by atoms with E-state index >= 15 is 0 Å². The minimum atomic E-state index is -0.0562. The normalized spacial score (nSPS) is 12.8. The molecule has 5 heteroatoms. The van der Waals surface area contributed by atoms with E-state index < -0.39 is 0 Å². The molecular weight excluding hydrogens is 206 g/mol. The molecule has 2 N–H and O–H groups in total. The average Bonchev–Trinajstić information content (AvgIpc) is 2.16. The van der Waals surface area contributed by atoms with Gasteiger partial charge in [0.1, 0.15) is 17.7 Å². The Balaban J connectivity index is 2.80. The average molecular weight is 225 g/mol. The van der Waals surface area contributed by atoms with Crippen LogP contribution in [0.3, 0.4) is 0 Å². The zero-order valence-electron chi connectivity index (χ0n) is 10.2. The molecule has 1 unspecified atom stereocenters. The Kier molecular flexibility index (Phi) is 4.49. The molecule has 1 aromatic rings. The first kappa shape index (κ1) is 12.7. The van der Waals surface area contributed by atoms with Crippen molar-refractivity contribution in [3.8, 4) is 5.88 Å². The maximum atomic E-state index is 5.68. The van der Waals surface area contributed by atoms with Gasteiger partial charge in [-0.15, -0.1) is 0 Å². The molecule has 0 aliphatic heterocycles. The molecule has 0 aliphatic rings. The minimum Gasteiger partial charge on any atom is -0.472 e. The molecule has 0 bridgehead atoms. The van der Waals surface area contributed by atoms with Crippen molar-refractivity contribution < 1.29 is 9.47 Å². The summed E-state index contributed by atoms with van der Waals surface area (Å²) in [5.41, 5.74) is 5.68. The molecule has 0 saturated heterocycles. The van der Waals surface area contributed by atoms with Crippen molar-refractivity contribution in [2.24, 2.45) is 0 Å². The van der Waals surface area contributed by atoms with Gasteiger partial charge in [0.2, 0.25) is 5.88 Å². The van der Waals surface area contributed by atoms with Crippen molar-refractivity contribution in [2.75, 3.05) is 19.5 Å². The smallest absolute Gasteiger partial charge is 0.219 e. The van der Waals surface area contributed by atoms with E-state index in [4.69, 9.17) is 15.2 Å². The third kappa shape index (κ3) is 3.66. The first-order valence-electron chi connectivity index (χ1n) is 5.33. The summed E-state index contributed by atoms with van der Waals surface area (Å²) in [5.74, 6) is 1.85. The zero-order valence-corrected chi connectivity index (χ0v) is 10.2. The molecule has 0 spiro atoms. The molecule has 90 valence electrons. The van der Waals surface area contributed by atoms with E-state index in [1.54, 1.807) is 13.2 Å². The molecule has 0 radical (unpaired) electrons. The van der Waals surface area contributed by atoms with Crippen LogP contribution >= 0.6 is 0 Å². The highest BCUT2D eigenvalue weighted by Gasteiger charge is 2.10. The van der Waals surface area contributed by atoms with Gasteiger partial charge in [-0.05, 0) is 6.92 Å². The monoisotopic (exact) mass is 225 g/mol. The second-order valence-electron chi connectivity index (χ2n) is 4.03. The predicted molar refractivity (Wildman–Crippen MR) is 62.5 cm³/mol. The molecule has 1 atom stereocenters. The van der Waals surface area contributed by atoms with Gasteiger partial charge in [0.15, 0.2) is 0 Å². The fourth-order valence-corrected chi connectivity index (χ4v) is 1.25. The maximum absolute atomic E-state index is 5.68. The van der Waals surface area contributed by atoms with Crippen LogP contribution in [0, 0.1) is 0 Å². The summed E-state index contributed by atoms with van der Waals surface area (Å²) in [6.07, 6.45) is -0.0562. The third-order valence-electron chi connectivity index (χ3n) is 1.98. The standard InChI is InChI=1S/C11H19N3O2/c1-7(2)11-13-9(12)5-10(14-11)16-8(3)6-15-4/h5,7-8H,6H2,1-4H3,(H2,12,13,14). The van der Waals surface area contributed by atoms with Crippen molar-refractivity contribution in [3.63, 3.8) is 0 Å². The number of ether oxygens (including phenoxy) is 2. The Morgan fingerprint density at radius 3 is 2.56 bits per heavy atom. The van der Waals surface area contributed by atoms with E-state index in [1.807, 2.05) is 20.8 Å². The van der Waals surface area contributed by atoms with Crippen molar-refractivity contribution in [3.05, 3.63) is 11.9 Å². The molecule has 5 nitrogen and oxygen atoms in total. The lowest BCUT2D eigenvalue weighted by Crippen LogP contribution is -2.19. The summed E-state index contributed by atoms with van der Waals surface area (Å²) in [4.78, 5) is 8.43. The Bertz CT molecular complexity index is 342. The van der Waals surface area contributed by atoms with Crippen LogP contribution in [-0.2, 0) is 4.74 Å². The summed E-state index contributed by atoms with van der Waals surface area (Å²) in [6, 6.07) is 1.62. The second kappa shape index (κ2) is 5.65. The number of rotatable bonds is 5. The van der Waals surface area contributed by atoms with E-state index in [0.717, 1.165) is 0 Å². The quantitative estimate of drug-likeness (QED) is 0.824. The van der Waals surface area contributed by atoms with Crippen LogP contribution in [0.1, 0.15) is 32.5 Å². The van der Waals surface area contributed by atoms with Crippen LogP contribution in [0.2, 0.25) is 0 Å². The largest absolute Gasteiger partial charge is 0.472 e. The molecule has 0 amide bonds. The van der Waals surface area contributed by atoms with E-state index in [9.17, 15) is 0 Å². The number of methoxy groups -OCH3 is 1. The zero-order chi connectivity index (χ0) is 12.1. The van der Waals surface area contributed by atoms with Crippen molar-refractivity contribution >= 4 is 5.82 Å². The van der Waals surface area contributed by atoms with Crippen LogP contribution in [0.5, 0.6) is 5.88 Å². The maximum Gasteiger partial charge on any atom is 0.219 e. The number of nitrogens with zero attached hydrogens (tertiary/aromatic N) is 2. The van der Waals surface area contributed by atoms with Crippen LogP contribution in [-0.4, -0.2) is 29.8 Å². The highest BCUT2D eigenvalue weighted by molar-refractivity contribution is 5.33. The molecule has 16 heavy (non-hydrogen) atoms.